The number of ether oxygens (including phenoxy) is 2. The number of benzene rings is 2. The molecule has 2 aromatic rings. The predicted octanol–water partition coefficient (Wildman–Crippen LogP) is 3.84. The van der Waals surface area contributed by atoms with Gasteiger partial charge in [0.1, 0.15) is 11.5 Å². The second-order valence-corrected chi connectivity index (χ2v) is 6.63. The third-order valence-corrected chi connectivity index (χ3v) is 5.04. The van der Waals surface area contributed by atoms with Crippen molar-refractivity contribution >= 4 is 5.91 Å². The number of nitrogens with zero attached hydrogens (tertiary/aromatic N) is 1. The smallest absolute Gasteiger partial charge is 0.220 e. The van der Waals surface area contributed by atoms with E-state index in [2.05, 4.69) is 30.1 Å². The monoisotopic (exact) mass is 384 g/mol. The molecule has 0 radical (unpaired) electrons. The summed E-state index contributed by atoms with van der Waals surface area (Å²) >= 11 is 0. The van der Waals surface area contributed by atoms with Crippen molar-refractivity contribution in [3.63, 3.8) is 0 Å². The lowest BCUT2D eigenvalue weighted by Gasteiger charge is -2.30. The summed E-state index contributed by atoms with van der Waals surface area (Å²) in [7, 11) is 3.33. The average molecular weight is 385 g/mol. The molecule has 28 heavy (non-hydrogen) atoms. The molecule has 0 spiro atoms. The van der Waals surface area contributed by atoms with Crippen LogP contribution < -0.4 is 14.8 Å². The normalized spacial score (nSPS) is 11.9. The van der Waals surface area contributed by atoms with E-state index >= 15 is 0 Å². The van der Waals surface area contributed by atoms with Gasteiger partial charge in [-0.3, -0.25) is 9.69 Å². The summed E-state index contributed by atoms with van der Waals surface area (Å²) in [5, 5.41) is 3.11. The molecule has 0 aliphatic heterocycles. The van der Waals surface area contributed by atoms with E-state index in [0.29, 0.717) is 19.4 Å². The second-order valence-electron chi connectivity index (χ2n) is 6.63. The van der Waals surface area contributed by atoms with Gasteiger partial charge in [0.25, 0.3) is 0 Å². The van der Waals surface area contributed by atoms with Gasteiger partial charge >= 0.3 is 0 Å². The van der Waals surface area contributed by atoms with Crippen molar-refractivity contribution < 1.29 is 14.3 Å². The van der Waals surface area contributed by atoms with Crippen LogP contribution in [0.2, 0.25) is 0 Å². The minimum atomic E-state index is 0.0472. The molecule has 0 saturated carbocycles. The number of methoxy groups -OCH3 is 2. The van der Waals surface area contributed by atoms with Gasteiger partial charge in [0.2, 0.25) is 5.91 Å². The van der Waals surface area contributed by atoms with Crippen molar-refractivity contribution in [3.8, 4) is 11.5 Å². The fraction of sp³-hybridized carbons (Fsp3) is 0.435. The second kappa shape index (κ2) is 11.3. The van der Waals surface area contributed by atoms with Crippen LogP contribution in [0.1, 0.15) is 37.4 Å². The zero-order valence-electron chi connectivity index (χ0n) is 17.4. The summed E-state index contributed by atoms with van der Waals surface area (Å²) in [5.41, 5.74) is 2.20. The molecular weight excluding hydrogens is 352 g/mol. The fourth-order valence-electron chi connectivity index (χ4n) is 3.43. The molecule has 1 N–H and O–H groups in total. The van der Waals surface area contributed by atoms with Gasteiger partial charge in [0, 0.05) is 13.0 Å². The van der Waals surface area contributed by atoms with Crippen molar-refractivity contribution in [2.45, 2.75) is 32.7 Å². The SMILES string of the molecule is CCN(CC)C(CNC(=O)CCc1ccccc1OC)c1cccc(OC)c1. The van der Waals surface area contributed by atoms with E-state index in [1.165, 1.54) is 0 Å². The minimum Gasteiger partial charge on any atom is -0.497 e. The Labute approximate surface area is 168 Å². The molecule has 0 heterocycles. The van der Waals surface area contributed by atoms with Crippen LogP contribution in [-0.2, 0) is 11.2 Å². The van der Waals surface area contributed by atoms with Crippen molar-refractivity contribution in [1.82, 2.24) is 10.2 Å². The van der Waals surface area contributed by atoms with Crippen molar-refractivity contribution in [3.05, 3.63) is 59.7 Å². The first-order valence-corrected chi connectivity index (χ1v) is 9.89. The fourth-order valence-corrected chi connectivity index (χ4v) is 3.43. The van der Waals surface area contributed by atoms with Gasteiger partial charge in [-0.2, -0.15) is 0 Å². The van der Waals surface area contributed by atoms with Crippen LogP contribution in [0.4, 0.5) is 0 Å². The lowest BCUT2D eigenvalue weighted by Crippen LogP contribution is -2.38. The lowest BCUT2D eigenvalue weighted by atomic mass is 10.0. The van der Waals surface area contributed by atoms with E-state index < -0.39 is 0 Å². The number of nitrogens with one attached hydrogen (secondary N) is 1. The maximum absolute atomic E-state index is 12.5. The summed E-state index contributed by atoms with van der Waals surface area (Å²) in [5.74, 6) is 1.70. The van der Waals surface area contributed by atoms with Crippen molar-refractivity contribution in [2.75, 3.05) is 33.9 Å². The molecule has 0 aliphatic rings. The van der Waals surface area contributed by atoms with E-state index in [1.54, 1.807) is 14.2 Å². The first-order valence-electron chi connectivity index (χ1n) is 9.89. The number of rotatable bonds is 11. The number of likely N-dealkylation sites (N-methyl/N-ethyl adjacent to an activating group) is 1. The van der Waals surface area contributed by atoms with E-state index in [-0.39, 0.29) is 11.9 Å². The number of hydrogen-bond donors (Lipinski definition) is 1. The Hall–Kier alpha value is -2.53. The van der Waals surface area contributed by atoms with Crippen LogP contribution in [0.3, 0.4) is 0 Å². The third-order valence-electron chi connectivity index (χ3n) is 5.04. The van der Waals surface area contributed by atoms with Gasteiger partial charge in [0.15, 0.2) is 0 Å². The highest BCUT2D eigenvalue weighted by atomic mass is 16.5. The van der Waals surface area contributed by atoms with Crippen LogP contribution in [0, 0.1) is 0 Å². The third kappa shape index (κ3) is 5.99. The van der Waals surface area contributed by atoms with Gasteiger partial charge in [-0.05, 0) is 48.8 Å². The highest BCUT2D eigenvalue weighted by molar-refractivity contribution is 5.76. The quantitative estimate of drug-likeness (QED) is 0.640. The molecule has 1 unspecified atom stereocenters. The Morgan fingerprint density at radius 1 is 1.04 bits per heavy atom. The van der Waals surface area contributed by atoms with Crippen LogP contribution in [0.25, 0.3) is 0 Å². The van der Waals surface area contributed by atoms with E-state index in [9.17, 15) is 4.79 Å². The van der Waals surface area contributed by atoms with Crippen LogP contribution in [0.5, 0.6) is 11.5 Å². The molecule has 5 nitrogen and oxygen atoms in total. The number of amides is 1. The molecule has 1 atom stereocenters. The summed E-state index contributed by atoms with van der Waals surface area (Å²) < 4.78 is 10.7. The summed E-state index contributed by atoms with van der Waals surface area (Å²) in [6.07, 6.45) is 1.09. The minimum absolute atomic E-state index is 0.0472. The first-order chi connectivity index (χ1) is 13.6. The van der Waals surface area contributed by atoms with Gasteiger partial charge in [-0.25, -0.2) is 0 Å². The molecule has 0 aliphatic carbocycles. The molecule has 0 fully saturated rings. The van der Waals surface area contributed by atoms with Gasteiger partial charge in [-0.1, -0.05) is 44.2 Å². The van der Waals surface area contributed by atoms with Crippen LogP contribution in [0.15, 0.2) is 48.5 Å². The van der Waals surface area contributed by atoms with E-state index in [1.807, 2.05) is 42.5 Å². The number of carbonyl (C=O) groups is 1. The molecule has 2 aromatic carbocycles. The molecular formula is C23H32N2O3. The Bertz CT molecular complexity index is 744. The summed E-state index contributed by atoms with van der Waals surface area (Å²) in [6, 6.07) is 16.0. The number of para-hydroxylation sites is 1. The molecule has 1 amide bonds. The lowest BCUT2D eigenvalue weighted by molar-refractivity contribution is -0.121. The van der Waals surface area contributed by atoms with Crippen LogP contribution in [-0.4, -0.2) is 44.7 Å². The Morgan fingerprint density at radius 3 is 2.46 bits per heavy atom. The van der Waals surface area contributed by atoms with Crippen LogP contribution >= 0.6 is 0 Å². The highest BCUT2D eigenvalue weighted by Gasteiger charge is 2.19. The van der Waals surface area contributed by atoms with E-state index in [0.717, 1.165) is 35.7 Å². The molecule has 5 heteroatoms. The van der Waals surface area contributed by atoms with E-state index in [4.69, 9.17) is 9.47 Å². The number of aryl methyl sites for hydroxylation is 1. The van der Waals surface area contributed by atoms with Crippen molar-refractivity contribution in [2.24, 2.45) is 0 Å². The van der Waals surface area contributed by atoms with Gasteiger partial charge in [-0.15, -0.1) is 0 Å². The average Bonchev–Trinajstić information content (AvgIpc) is 2.75. The Morgan fingerprint density at radius 2 is 1.79 bits per heavy atom. The summed E-state index contributed by atoms with van der Waals surface area (Å²) in [6.45, 7) is 6.67. The van der Waals surface area contributed by atoms with Gasteiger partial charge in [0.05, 0.1) is 20.3 Å². The highest BCUT2D eigenvalue weighted by Crippen LogP contribution is 2.24. The first kappa shape index (κ1) is 21.8. The standard InChI is InChI=1S/C23H32N2O3/c1-5-25(6-2)21(19-11-9-12-20(16-19)27-3)17-24-23(26)15-14-18-10-7-8-13-22(18)28-4/h7-13,16,21H,5-6,14-15,17H2,1-4H3,(H,24,26). The zero-order chi connectivity index (χ0) is 20.4. The number of hydrogen-bond acceptors (Lipinski definition) is 4. The molecule has 0 saturated heterocycles. The molecule has 152 valence electrons. The number of carbonyl (C=O) groups excluding carboxylic acids is 1. The van der Waals surface area contributed by atoms with Crippen molar-refractivity contribution in [1.29, 1.82) is 0 Å². The largest absolute Gasteiger partial charge is 0.497 e. The maximum atomic E-state index is 12.5. The molecule has 2 rings (SSSR count). The topological polar surface area (TPSA) is 50.8 Å². The Kier molecular flexibility index (Phi) is 8.82. The Balaban J connectivity index is 2.00. The van der Waals surface area contributed by atoms with Gasteiger partial charge < -0.3 is 14.8 Å². The summed E-state index contributed by atoms with van der Waals surface area (Å²) in [4.78, 5) is 14.8. The molecule has 0 aromatic heterocycles. The maximum Gasteiger partial charge on any atom is 0.220 e. The molecule has 0 bridgehead atoms. The zero-order valence-corrected chi connectivity index (χ0v) is 17.4. The predicted molar refractivity (Wildman–Crippen MR) is 113 cm³/mol.